The minimum atomic E-state index is -0.0540. The number of nitrogens with one attached hydrogen (secondary N) is 2. The van der Waals surface area contributed by atoms with Crippen LogP contribution in [0.2, 0.25) is 5.02 Å². The maximum Gasteiger partial charge on any atom is 0.224 e. The highest BCUT2D eigenvalue weighted by Crippen LogP contribution is 2.19. The van der Waals surface area contributed by atoms with Gasteiger partial charge < -0.3 is 10.6 Å². The third-order valence-corrected chi connectivity index (χ3v) is 3.72. The molecule has 2 aromatic rings. The number of aromatic nitrogens is 1. The topological polar surface area (TPSA) is 77.8 Å². The number of rotatable bonds is 6. The molecule has 0 atom stereocenters. The Morgan fingerprint density at radius 1 is 1.29 bits per heavy atom. The van der Waals surface area contributed by atoms with Gasteiger partial charge in [0.15, 0.2) is 0 Å². The van der Waals surface area contributed by atoms with Crippen LogP contribution in [0.1, 0.15) is 29.8 Å². The fourth-order valence-electron chi connectivity index (χ4n) is 2.34. The van der Waals surface area contributed by atoms with Crippen molar-refractivity contribution in [3.63, 3.8) is 0 Å². The standard InChI is InChI=1S/C18H19ClN4O/c1-12-10-17(16(11-20)13(2)22-12)21-9-3-4-18(24)23-15-7-5-14(19)6-8-15/h5-8,10H,3-4,9H2,1-2H3,(H,21,22)(H,23,24). The first-order valence-corrected chi connectivity index (χ1v) is 8.05. The number of carbonyl (C=O) groups is 1. The molecule has 2 N–H and O–H groups in total. The summed E-state index contributed by atoms with van der Waals surface area (Å²) in [6, 6.07) is 11.0. The number of aryl methyl sites for hydroxylation is 2. The molecule has 2 rings (SSSR count). The van der Waals surface area contributed by atoms with E-state index in [1.165, 1.54) is 0 Å². The van der Waals surface area contributed by atoms with Gasteiger partial charge in [0.1, 0.15) is 6.07 Å². The zero-order valence-electron chi connectivity index (χ0n) is 13.7. The number of benzene rings is 1. The Balaban J connectivity index is 1.82. The lowest BCUT2D eigenvalue weighted by atomic mass is 10.1. The molecule has 0 aliphatic carbocycles. The molecule has 124 valence electrons. The molecule has 6 heteroatoms. The van der Waals surface area contributed by atoms with Crippen molar-refractivity contribution in [3.05, 3.63) is 52.3 Å². The molecule has 0 aliphatic heterocycles. The molecule has 1 aromatic carbocycles. The Kier molecular flexibility index (Phi) is 6.16. The van der Waals surface area contributed by atoms with Crippen LogP contribution in [-0.4, -0.2) is 17.4 Å². The van der Waals surface area contributed by atoms with E-state index in [1.807, 2.05) is 19.9 Å². The van der Waals surface area contributed by atoms with Gasteiger partial charge in [-0.2, -0.15) is 5.26 Å². The van der Waals surface area contributed by atoms with Gasteiger partial charge in [-0.15, -0.1) is 0 Å². The summed E-state index contributed by atoms with van der Waals surface area (Å²) in [4.78, 5) is 16.2. The third kappa shape index (κ3) is 4.97. The Labute approximate surface area is 146 Å². The minimum Gasteiger partial charge on any atom is -0.384 e. The smallest absolute Gasteiger partial charge is 0.224 e. The number of anilines is 2. The fraction of sp³-hybridized carbons (Fsp3) is 0.278. The highest BCUT2D eigenvalue weighted by Gasteiger charge is 2.08. The van der Waals surface area contributed by atoms with Gasteiger partial charge in [0.25, 0.3) is 0 Å². The number of hydrogen-bond donors (Lipinski definition) is 2. The number of hydrogen-bond acceptors (Lipinski definition) is 4. The van der Waals surface area contributed by atoms with E-state index in [0.29, 0.717) is 35.7 Å². The van der Waals surface area contributed by atoms with Gasteiger partial charge >= 0.3 is 0 Å². The van der Waals surface area contributed by atoms with Crippen LogP contribution < -0.4 is 10.6 Å². The summed E-state index contributed by atoms with van der Waals surface area (Å²) in [5.41, 5.74) is 3.60. The first-order valence-electron chi connectivity index (χ1n) is 7.67. The van der Waals surface area contributed by atoms with Crippen molar-refractivity contribution in [3.8, 4) is 6.07 Å². The van der Waals surface area contributed by atoms with Crippen LogP contribution in [-0.2, 0) is 4.79 Å². The van der Waals surface area contributed by atoms with Crippen LogP contribution in [0.15, 0.2) is 30.3 Å². The molecule has 0 radical (unpaired) electrons. The predicted octanol–water partition coefficient (Wildman–Crippen LogP) is 4.05. The molecule has 1 aromatic heterocycles. The largest absolute Gasteiger partial charge is 0.384 e. The van der Waals surface area contributed by atoms with Gasteiger partial charge in [-0.05, 0) is 50.6 Å². The third-order valence-electron chi connectivity index (χ3n) is 3.46. The molecule has 0 bridgehead atoms. The van der Waals surface area contributed by atoms with E-state index in [-0.39, 0.29) is 5.91 Å². The molecule has 1 amide bonds. The summed E-state index contributed by atoms with van der Waals surface area (Å²) >= 11 is 5.81. The lowest BCUT2D eigenvalue weighted by molar-refractivity contribution is -0.116. The van der Waals surface area contributed by atoms with Crippen LogP contribution in [0.3, 0.4) is 0 Å². The number of nitriles is 1. The number of pyridine rings is 1. The molecule has 0 saturated heterocycles. The summed E-state index contributed by atoms with van der Waals surface area (Å²) in [6.45, 7) is 4.31. The molecule has 0 fully saturated rings. The molecular weight excluding hydrogens is 324 g/mol. The van der Waals surface area contributed by atoms with Gasteiger partial charge in [-0.25, -0.2) is 0 Å². The van der Waals surface area contributed by atoms with Crippen molar-refractivity contribution in [1.82, 2.24) is 4.98 Å². The first-order chi connectivity index (χ1) is 11.5. The van der Waals surface area contributed by atoms with Gasteiger partial charge in [0.05, 0.1) is 16.9 Å². The van der Waals surface area contributed by atoms with Crippen LogP contribution in [0.5, 0.6) is 0 Å². The number of nitrogens with zero attached hydrogens (tertiary/aromatic N) is 2. The first kappa shape index (κ1) is 17.8. The highest BCUT2D eigenvalue weighted by molar-refractivity contribution is 6.30. The van der Waals surface area contributed by atoms with Crippen molar-refractivity contribution in [2.45, 2.75) is 26.7 Å². The van der Waals surface area contributed by atoms with Crippen LogP contribution >= 0.6 is 11.6 Å². The van der Waals surface area contributed by atoms with Crippen molar-refractivity contribution >= 4 is 28.9 Å². The second-order valence-corrected chi connectivity index (χ2v) is 5.91. The number of halogens is 1. The average Bonchev–Trinajstić information content (AvgIpc) is 2.53. The summed E-state index contributed by atoms with van der Waals surface area (Å²) in [7, 11) is 0. The molecule has 0 aliphatic rings. The number of carbonyl (C=O) groups excluding carboxylic acids is 1. The zero-order chi connectivity index (χ0) is 17.5. The van der Waals surface area contributed by atoms with Crippen molar-refractivity contribution in [2.24, 2.45) is 0 Å². The quantitative estimate of drug-likeness (QED) is 0.776. The van der Waals surface area contributed by atoms with Gasteiger partial charge in [-0.1, -0.05) is 11.6 Å². The maximum absolute atomic E-state index is 11.9. The van der Waals surface area contributed by atoms with E-state index >= 15 is 0 Å². The van der Waals surface area contributed by atoms with Gasteiger partial charge in [0, 0.05) is 29.4 Å². The van der Waals surface area contributed by atoms with E-state index in [2.05, 4.69) is 21.7 Å². The number of amides is 1. The molecule has 0 unspecified atom stereocenters. The molecule has 0 spiro atoms. The highest BCUT2D eigenvalue weighted by atomic mass is 35.5. The second kappa shape index (κ2) is 8.32. The summed E-state index contributed by atoms with van der Waals surface area (Å²) in [5.74, 6) is -0.0540. The van der Waals surface area contributed by atoms with E-state index in [1.54, 1.807) is 24.3 Å². The average molecular weight is 343 g/mol. The lowest BCUT2D eigenvalue weighted by Crippen LogP contribution is -2.14. The molecule has 1 heterocycles. The summed E-state index contributed by atoms with van der Waals surface area (Å²) in [6.07, 6.45) is 1.05. The molecule has 5 nitrogen and oxygen atoms in total. The van der Waals surface area contributed by atoms with E-state index < -0.39 is 0 Å². The molecular formula is C18H19ClN4O. The van der Waals surface area contributed by atoms with Crippen molar-refractivity contribution in [1.29, 1.82) is 5.26 Å². The monoisotopic (exact) mass is 342 g/mol. The van der Waals surface area contributed by atoms with Gasteiger partial charge in [-0.3, -0.25) is 9.78 Å². The van der Waals surface area contributed by atoms with Crippen LogP contribution in [0.4, 0.5) is 11.4 Å². The normalized spacial score (nSPS) is 10.1. The van der Waals surface area contributed by atoms with E-state index in [0.717, 1.165) is 17.1 Å². The predicted molar refractivity (Wildman–Crippen MR) is 96.2 cm³/mol. The molecule has 24 heavy (non-hydrogen) atoms. The summed E-state index contributed by atoms with van der Waals surface area (Å²) < 4.78 is 0. The van der Waals surface area contributed by atoms with Crippen molar-refractivity contribution < 1.29 is 4.79 Å². The Morgan fingerprint density at radius 3 is 2.67 bits per heavy atom. The maximum atomic E-state index is 11.9. The second-order valence-electron chi connectivity index (χ2n) is 5.47. The lowest BCUT2D eigenvalue weighted by Gasteiger charge is -2.11. The molecule has 0 saturated carbocycles. The fourth-order valence-corrected chi connectivity index (χ4v) is 2.46. The Morgan fingerprint density at radius 2 is 2.00 bits per heavy atom. The van der Waals surface area contributed by atoms with E-state index in [9.17, 15) is 10.1 Å². The SMILES string of the molecule is Cc1cc(NCCCC(=O)Nc2ccc(Cl)cc2)c(C#N)c(C)n1. The Hall–Kier alpha value is -2.58. The van der Waals surface area contributed by atoms with Crippen LogP contribution in [0.25, 0.3) is 0 Å². The van der Waals surface area contributed by atoms with Gasteiger partial charge in [0.2, 0.25) is 5.91 Å². The minimum absolute atomic E-state index is 0.0540. The van der Waals surface area contributed by atoms with Crippen molar-refractivity contribution in [2.75, 3.05) is 17.2 Å². The van der Waals surface area contributed by atoms with E-state index in [4.69, 9.17) is 11.6 Å². The zero-order valence-corrected chi connectivity index (χ0v) is 14.4. The summed E-state index contributed by atoms with van der Waals surface area (Å²) in [5, 5.41) is 15.9. The Bertz CT molecular complexity index is 766. The van der Waals surface area contributed by atoms with Crippen LogP contribution in [0, 0.1) is 25.2 Å².